The molecule has 1 fully saturated rings. The molecule has 164 valence electrons. The van der Waals surface area contributed by atoms with E-state index < -0.39 is 5.91 Å². The number of ether oxygens (including phenoxy) is 1. The van der Waals surface area contributed by atoms with E-state index in [-0.39, 0.29) is 11.6 Å². The molecule has 1 aromatic carbocycles. The number of aromatic nitrogens is 2. The minimum Gasteiger partial charge on any atom is -0.383 e. The van der Waals surface area contributed by atoms with Crippen LogP contribution in [0.5, 0.6) is 0 Å². The third-order valence-electron chi connectivity index (χ3n) is 5.67. The normalized spacial score (nSPS) is 22.1. The number of methoxy groups -OCH3 is 1. The van der Waals surface area contributed by atoms with Gasteiger partial charge in [-0.3, -0.25) is 9.48 Å². The van der Waals surface area contributed by atoms with E-state index in [0.717, 1.165) is 24.9 Å². The van der Waals surface area contributed by atoms with E-state index in [1.54, 1.807) is 25.4 Å². The molecule has 1 aliphatic carbocycles. The van der Waals surface area contributed by atoms with Crippen molar-refractivity contribution in [2.45, 2.75) is 57.7 Å². The lowest BCUT2D eigenvalue weighted by atomic mass is 9.82. The summed E-state index contributed by atoms with van der Waals surface area (Å²) in [6.45, 7) is 7.23. The molecule has 0 spiro atoms. The van der Waals surface area contributed by atoms with Gasteiger partial charge in [-0.2, -0.15) is 5.10 Å². The molecule has 0 bridgehead atoms. The molecule has 1 amide bonds. The van der Waals surface area contributed by atoms with Gasteiger partial charge in [-0.1, -0.05) is 18.5 Å². The Labute approximate surface area is 183 Å². The molecule has 8 heteroatoms. The lowest BCUT2D eigenvalue weighted by Crippen LogP contribution is -2.51. The van der Waals surface area contributed by atoms with Crippen LogP contribution in [0.1, 0.15) is 56.4 Å². The van der Waals surface area contributed by atoms with Crippen LogP contribution in [0.15, 0.2) is 30.5 Å². The first-order chi connectivity index (χ1) is 14.2. The van der Waals surface area contributed by atoms with E-state index >= 15 is 0 Å². The quantitative estimate of drug-likeness (QED) is 0.582. The monoisotopic (exact) mass is 433 g/mol. The zero-order valence-electron chi connectivity index (χ0n) is 18.1. The summed E-state index contributed by atoms with van der Waals surface area (Å²) in [7, 11) is 1.73. The molecule has 0 saturated heterocycles. The molecule has 7 nitrogen and oxygen atoms in total. The number of carbonyl (C=O) groups is 1. The maximum atomic E-state index is 12.0. The van der Waals surface area contributed by atoms with Crippen LogP contribution in [0.25, 0.3) is 0 Å². The molecule has 1 aromatic heterocycles. The Balaban J connectivity index is 1.73. The Morgan fingerprint density at radius 1 is 1.33 bits per heavy atom. The number of nitrogens with zero attached hydrogens (tertiary/aromatic N) is 2. The van der Waals surface area contributed by atoms with Crippen molar-refractivity contribution in [3.63, 3.8) is 0 Å². The molecule has 0 radical (unpaired) electrons. The molecule has 0 aliphatic heterocycles. The van der Waals surface area contributed by atoms with Gasteiger partial charge in [0, 0.05) is 35.6 Å². The summed E-state index contributed by atoms with van der Waals surface area (Å²) in [6, 6.07) is 7.89. The van der Waals surface area contributed by atoms with Gasteiger partial charge in [-0.25, -0.2) is 0 Å². The minimum atomic E-state index is -0.498. The predicted octanol–water partition coefficient (Wildman–Crippen LogP) is 4.12. The largest absolute Gasteiger partial charge is 0.383 e. The SMILES string of the molecule is COCC(C)(C)N[C@H]1CCC(n2cc(C(N)=O)c(Nc3ccc(Cl)cc3)n2)[C@@H](C)C1. The second kappa shape index (κ2) is 9.37. The standard InChI is InChI=1S/C22H32ClN5O2/c1-14-11-17(26-22(2,3)13-30-4)9-10-19(14)28-12-18(20(24)29)21(27-28)25-16-7-5-15(23)6-8-16/h5-8,12,14,17,19,26H,9-11,13H2,1-4H3,(H2,24,29)(H,25,27)/t14-,17-,19?/m0/s1. The Morgan fingerprint density at radius 2 is 2.03 bits per heavy atom. The molecular formula is C22H32ClN5O2. The molecule has 30 heavy (non-hydrogen) atoms. The van der Waals surface area contributed by atoms with Crippen LogP contribution < -0.4 is 16.4 Å². The van der Waals surface area contributed by atoms with Crippen LogP contribution in [0.3, 0.4) is 0 Å². The van der Waals surface area contributed by atoms with Crippen molar-refractivity contribution in [2.24, 2.45) is 11.7 Å². The zero-order chi connectivity index (χ0) is 21.9. The van der Waals surface area contributed by atoms with Crippen LogP contribution in [0, 0.1) is 5.92 Å². The van der Waals surface area contributed by atoms with E-state index in [9.17, 15) is 4.79 Å². The summed E-state index contributed by atoms with van der Waals surface area (Å²) in [6.07, 6.45) is 4.81. The summed E-state index contributed by atoms with van der Waals surface area (Å²) in [5.41, 5.74) is 6.74. The average molecular weight is 434 g/mol. The Bertz CT molecular complexity index is 865. The smallest absolute Gasteiger partial charge is 0.254 e. The lowest BCUT2D eigenvalue weighted by molar-refractivity contribution is 0.0998. The third kappa shape index (κ3) is 5.53. The number of nitrogens with one attached hydrogen (secondary N) is 2. The van der Waals surface area contributed by atoms with Gasteiger partial charge in [-0.05, 0) is 63.3 Å². The van der Waals surface area contributed by atoms with E-state index in [1.807, 2.05) is 16.8 Å². The van der Waals surface area contributed by atoms with Gasteiger partial charge >= 0.3 is 0 Å². The summed E-state index contributed by atoms with van der Waals surface area (Å²) >= 11 is 5.95. The predicted molar refractivity (Wildman–Crippen MR) is 120 cm³/mol. The van der Waals surface area contributed by atoms with Crippen molar-refractivity contribution in [2.75, 3.05) is 19.0 Å². The number of carbonyl (C=O) groups excluding carboxylic acids is 1. The third-order valence-corrected chi connectivity index (χ3v) is 5.92. The van der Waals surface area contributed by atoms with Crippen molar-refractivity contribution in [1.29, 1.82) is 0 Å². The second-order valence-corrected chi connectivity index (χ2v) is 9.32. The molecular weight excluding hydrogens is 402 g/mol. The minimum absolute atomic E-state index is 0.0630. The summed E-state index contributed by atoms with van der Waals surface area (Å²) in [4.78, 5) is 12.0. The molecule has 1 aliphatic rings. The van der Waals surface area contributed by atoms with Gasteiger partial charge in [0.25, 0.3) is 5.91 Å². The van der Waals surface area contributed by atoms with Gasteiger partial charge in [0.1, 0.15) is 5.56 Å². The first kappa shape index (κ1) is 22.6. The van der Waals surface area contributed by atoms with E-state index in [4.69, 9.17) is 22.1 Å². The van der Waals surface area contributed by atoms with Gasteiger partial charge in [0.15, 0.2) is 5.82 Å². The Morgan fingerprint density at radius 3 is 2.63 bits per heavy atom. The number of nitrogens with two attached hydrogens (primary N) is 1. The number of benzene rings is 1. The van der Waals surface area contributed by atoms with E-state index in [1.165, 1.54) is 0 Å². The summed E-state index contributed by atoms with van der Waals surface area (Å²) in [5.74, 6) is 0.374. The number of amides is 1. The highest BCUT2D eigenvalue weighted by atomic mass is 35.5. The maximum Gasteiger partial charge on any atom is 0.254 e. The molecule has 3 rings (SSSR count). The van der Waals surface area contributed by atoms with Crippen molar-refractivity contribution in [3.05, 3.63) is 41.0 Å². The fraction of sp³-hybridized carbons (Fsp3) is 0.545. The molecule has 1 saturated carbocycles. The van der Waals surface area contributed by atoms with Crippen LogP contribution in [0.2, 0.25) is 5.02 Å². The van der Waals surface area contributed by atoms with Crippen LogP contribution in [0.4, 0.5) is 11.5 Å². The highest BCUT2D eigenvalue weighted by Gasteiger charge is 2.33. The van der Waals surface area contributed by atoms with Crippen LogP contribution in [-0.4, -0.2) is 41.0 Å². The number of primary amides is 1. The Kier molecular flexibility index (Phi) is 7.06. The molecule has 3 atom stereocenters. The fourth-order valence-corrected chi connectivity index (χ4v) is 4.49. The second-order valence-electron chi connectivity index (χ2n) is 8.88. The number of hydrogen-bond acceptors (Lipinski definition) is 5. The first-order valence-corrected chi connectivity index (χ1v) is 10.7. The van der Waals surface area contributed by atoms with Crippen molar-refractivity contribution < 1.29 is 9.53 Å². The highest BCUT2D eigenvalue weighted by molar-refractivity contribution is 6.30. The number of rotatable bonds is 8. The number of halogens is 1. The first-order valence-electron chi connectivity index (χ1n) is 10.4. The fourth-order valence-electron chi connectivity index (χ4n) is 4.36. The van der Waals surface area contributed by atoms with Gasteiger partial charge < -0.3 is 21.1 Å². The topological polar surface area (TPSA) is 94.2 Å². The molecule has 2 aromatic rings. The molecule has 1 heterocycles. The molecule has 1 unspecified atom stereocenters. The summed E-state index contributed by atoms with van der Waals surface area (Å²) < 4.78 is 7.23. The van der Waals surface area contributed by atoms with Crippen molar-refractivity contribution in [3.8, 4) is 0 Å². The highest BCUT2D eigenvalue weighted by Crippen LogP contribution is 2.35. The van der Waals surface area contributed by atoms with E-state index in [0.29, 0.717) is 35.0 Å². The zero-order valence-corrected chi connectivity index (χ0v) is 18.9. The average Bonchev–Trinajstić information content (AvgIpc) is 3.07. The van der Waals surface area contributed by atoms with Crippen molar-refractivity contribution in [1.82, 2.24) is 15.1 Å². The van der Waals surface area contributed by atoms with Crippen LogP contribution >= 0.6 is 11.6 Å². The maximum absolute atomic E-state index is 12.0. The van der Waals surface area contributed by atoms with E-state index in [2.05, 4.69) is 36.5 Å². The Hall–Kier alpha value is -2.09. The number of anilines is 2. The van der Waals surface area contributed by atoms with Gasteiger partial charge in [-0.15, -0.1) is 0 Å². The van der Waals surface area contributed by atoms with Gasteiger partial charge in [0.05, 0.1) is 12.6 Å². The number of hydrogen-bond donors (Lipinski definition) is 3. The lowest BCUT2D eigenvalue weighted by Gasteiger charge is -2.39. The molecule has 4 N–H and O–H groups in total. The summed E-state index contributed by atoms with van der Waals surface area (Å²) in [5, 5.41) is 12.2. The van der Waals surface area contributed by atoms with Crippen LogP contribution in [-0.2, 0) is 4.74 Å². The van der Waals surface area contributed by atoms with Gasteiger partial charge in [0.2, 0.25) is 0 Å². The van der Waals surface area contributed by atoms with Crippen molar-refractivity contribution >= 4 is 29.0 Å².